The Labute approximate surface area is 157 Å². The number of nitrogens with zero attached hydrogens (tertiary/aromatic N) is 1. The van der Waals surface area contributed by atoms with Gasteiger partial charge in [0.05, 0.1) is 11.3 Å². The Balaban J connectivity index is 1.75. The highest BCUT2D eigenvalue weighted by atomic mass is 19.4. The maximum atomic E-state index is 13.8. The molecule has 5 nitrogen and oxygen atoms in total. The average molecular weight is 391 g/mol. The van der Waals surface area contributed by atoms with Gasteiger partial charge in [0, 0.05) is 11.9 Å². The van der Waals surface area contributed by atoms with E-state index in [1.807, 2.05) is 0 Å². The van der Waals surface area contributed by atoms with Gasteiger partial charge in [0.1, 0.15) is 17.4 Å². The number of carbonyl (C=O) groups is 1. The van der Waals surface area contributed by atoms with E-state index in [2.05, 4.69) is 20.4 Å². The van der Waals surface area contributed by atoms with Gasteiger partial charge in [-0.05, 0) is 48.5 Å². The van der Waals surface area contributed by atoms with Gasteiger partial charge in [-0.2, -0.15) is 0 Å². The Morgan fingerprint density at radius 2 is 1.68 bits per heavy atom. The molecule has 3 rings (SSSR count). The van der Waals surface area contributed by atoms with Crippen molar-refractivity contribution in [3.8, 4) is 5.75 Å². The summed E-state index contributed by atoms with van der Waals surface area (Å²) in [5, 5.41) is 5.29. The highest BCUT2D eigenvalue weighted by Gasteiger charge is 2.31. The SMILES string of the molecule is O=C(Nc1ccc(OC(F)(F)F)cc1)c1cccnc1Nc1ccccc1F. The average Bonchev–Trinajstić information content (AvgIpc) is 2.64. The van der Waals surface area contributed by atoms with Crippen molar-refractivity contribution < 1.29 is 27.1 Å². The van der Waals surface area contributed by atoms with Gasteiger partial charge in [-0.25, -0.2) is 9.37 Å². The smallest absolute Gasteiger partial charge is 0.406 e. The number of ether oxygens (including phenoxy) is 1. The fourth-order valence-corrected chi connectivity index (χ4v) is 2.32. The second-order valence-electron chi connectivity index (χ2n) is 5.53. The maximum Gasteiger partial charge on any atom is 0.573 e. The van der Waals surface area contributed by atoms with Gasteiger partial charge < -0.3 is 15.4 Å². The molecule has 1 aromatic heterocycles. The Morgan fingerprint density at radius 1 is 0.964 bits per heavy atom. The largest absolute Gasteiger partial charge is 0.573 e. The van der Waals surface area contributed by atoms with Crippen LogP contribution in [0.1, 0.15) is 10.4 Å². The molecule has 0 spiro atoms. The van der Waals surface area contributed by atoms with Crippen molar-refractivity contribution in [3.05, 3.63) is 78.2 Å². The number of pyridine rings is 1. The fraction of sp³-hybridized carbons (Fsp3) is 0.0526. The molecule has 144 valence electrons. The third kappa shape index (κ3) is 4.97. The molecule has 0 fully saturated rings. The number of para-hydroxylation sites is 1. The lowest BCUT2D eigenvalue weighted by Crippen LogP contribution is -2.17. The van der Waals surface area contributed by atoms with Gasteiger partial charge >= 0.3 is 6.36 Å². The molecular weight excluding hydrogens is 378 g/mol. The number of benzene rings is 2. The Bertz CT molecular complexity index is 975. The lowest BCUT2D eigenvalue weighted by Gasteiger charge is -2.12. The van der Waals surface area contributed by atoms with Crippen LogP contribution in [0.2, 0.25) is 0 Å². The van der Waals surface area contributed by atoms with E-state index in [1.165, 1.54) is 48.7 Å². The molecular formula is C19H13F4N3O2. The number of rotatable bonds is 5. The standard InChI is InChI=1S/C19H13F4N3O2/c20-15-5-1-2-6-16(15)26-17-14(4-3-11-24-17)18(27)25-12-7-9-13(10-8-12)28-19(21,22)23/h1-11H,(H,24,26)(H,25,27). The molecule has 0 unspecified atom stereocenters. The highest BCUT2D eigenvalue weighted by molar-refractivity contribution is 6.07. The molecule has 0 aliphatic carbocycles. The summed E-state index contributed by atoms with van der Waals surface area (Å²) in [4.78, 5) is 16.6. The van der Waals surface area contributed by atoms with Crippen LogP contribution in [0.5, 0.6) is 5.75 Å². The summed E-state index contributed by atoms with van der Waals surface area (Å²) in [7, 11) is 0. The topological polar surface area (TPSA) is 63.2 Å². The molecule has 0 saturated carbocycles. The molecule has 1 amide bonds. The monoisotopic (exact) mass is 391 g/mol. The Kier molecular flexibility index (Phi) is 5.44. The summed E-state index contributed by atoms with van der Waals surface area (Å²) < 4.78 is 54.2. The third-order valence-electron chi connectivity index (χ3n) is 3.53. The first-order chi connectivity index (χ1) is 13.3. The van der Waals surface area contributed by atoms with Crippen LogP contribution in [0.15, 0.2) is 66.9 Å². The molecule has 0 radical (unpaired) electrons. The van der Waals surface area contributed by atoms with Crippen molar-refractivity contribution >= 4 is 23.1 Å². The zero-order chi connectivity index (χ0) is 20.1. The van der Waals surface area contributed by atoms with Crippen LogP contribution in [0.25, 0.3) is 0 Å². The van der Waals surface area contributed by atoms with E-state index in [9.17, 15) is 22.4 Å². The van der Waals surface area contributed by atoms with Crippen molar-refractivity contribution in [1.82, 2.24) is 4.98 Å². The number of hydrogen-bond donors (Lipinski definition) is 2. The van der Waals surface area contributed by atoms with Crippen molar-refractivity contribution in [3.63, 3.8) is 0 Å². The number of carbonyl (C=O) groups excluding carboxylic acids is 1. The van der Waals surface area contributed by atoms with Crippen LogP contribution < -0.4 is 15.4 Å². The fourth-order valence-electron chi connectivity index (χ4n) is 2.32. The number of amides is 1. The molecule has 0 atom stereocenters. The van der Waals surface area contributed by atoms with E-state index in [0.717, 1.165) is 12.1 Å². The first-order valence-corrected chi connectivity index (χ1v) is 7.95. The van der Waals surface area contributed by atoms with E-state index in [4.69, 9.17) is 0 Å². The van der Waals surface area contributed by atoms with Crippen LogP contribution in [-0.4, -0.2) is 17.3 Å². The second-order valence-corrected chi connectivity index (χ2v) is 5.53. The van der Waals surface area contributed by atoms with Crippen molar-refractivity contribution in [2.24, 2.45) is 0 Å². The van der Waals surface area contributed by atoms with Gasteiger partial charge in [-0.15, -0.1) is 13.2 Å². The van der Waals surface area contributed by atoms with Crippen LogP contribution in [0, 0.1) is 5.82 Å². The van der Waals surface area contributed by atoms with E-state index in [0.29, 0.717) is 0 Å². The molecule has 2 N–H and O–H groups in total. The second kappa shape index (κ2) is 7.95. The molecule has 0 aliphatic heterocycles. The minimum absolute atomic E-state index is 0.126. The minimum atomic E-state index is -4.80. The molecule has 3 aromatic rings. The van der Waals surface area contributed by atoms with Gasteiger partial charge in [0.25, 0.3) is 5.91 Å². The van der Waals surface area contributed by atoms with Crippen LogP contribution in [0.3, 0.4) is 0 Å². The Morgan fingerprint density at radius 3 is 2.36 bits per heavy atom. The number of nitrogens with one attached hydrogen (secondary N) is 2. The number of anilines is 3. The van der Waals surface area contributed by atoms with E-state index in [1.54, 1.807) is 6.07 Å². The lowest BCUT2D eigenvalue weighted by molar-refractivity contribution is -0.274. The molecule has 0 bridgehead atoms. The third-order valence-corrected chi connectivity index (χ3v) is 3.53. The molecule has 0 saturated heterocycles. The predicted molar refractivity (Wildman–Crippen MR) is 95.0 cm³/mol. The van der Waals surface area contributed by atoms with E-state index in [-0.39, 0.29) is 22.8 Å². The normalized spacial score (nSPS) is 11.0. The predicted octanol–water partition coefficient (Wildman–Crippen LogP) is 5.12. The Hall–Kier alpha value is -3.62. The van der Waals surface area contributed by atoms with Gasteiger partial charge in [0.2, 0.25) is 0 Å². The zero-order valence-electron chi connectivity index (χ0n) is 14.1. The van der Waals surface area contributed by atoms with Gasteiger partial charge in [-0.3, -0.25) is 4.79 Å². The van der Waals surface area contributed by atoms with Crippen LogP contribution in [-0.2, 0) is 0 Å². The number of alkyl halides is 3. The first-order valence-electron chi connectivity index (χ1n) is 7.95. The van der Waals surface area contributed by atoms with Gasteiger partial charge in [0.15, 0.2) is 0 Å². The van der Waals surface area contributed by atoms with E-state index < -0.39 is 23.8 Å². The number of halogens is 4. The van der Waals surface area contributed by atoms with Crippen LogP contribution in [0.4, 0.5) is 34.8 Å². The maximum absolute atomic E-state index is 13.8. The van der Waals surface area contributed by atoms with Crippen molar-refractivity contribution in [2.45, 2.75) is 6.36 Å². The minimum Gasteiger partial charge on any atom is -0.406 e. The highest BCUT2D eigenvalue weighted by Crippen LogP contribution is 2.25. The molecule has 2 aromatic carbocycles. The lowest BCUT2D eigenvalue weighted by atomic mass is 10.2. The van der Waals surface area contributed by atoms with Gasteiger partial charge in [-0.1, -0.05) is 12.1 Å². The molecule has 0 aliphatic rings. The zero-order valence-corrected chi connectivity index (χ0v) is 14.1. The molecule has 1 heterocycles. The number of hydrogen-bond acceptors (Lipinski definition) is 4. The summed E-state index contributed by atoms with van der Waals surface area (Å²) in [6, 6.07) is 13.6. The molecule has 28 heavy (non-hydrogen) atoms. The summed E-state index contributed by atoms with van der Waals surface area (Å²) >= 11 is 0. The first kappa shape index (κ1) is 19.2. The van der Waals surface area contributed by atoms with Crippen molar-refractivity contribution in [2.75, 3.05) is 10.6 Å². The summed E-state index contributed by atoms with van der Waals surface area (Å²) in [6.07, 6.45) is -3.36. The quantitative estimate of drug-likeness (QED) is 0.593. The van der Waals surface area contributed by atoms with Crippen molar-refractivity contribution in [1.29, 1.82) is 0 Å². The van der Waals surface area contributed by atoms with Crippen LogP contribution >= 0.6 is 0 Å². The summed E-state index contributed by atoms with van der Waals surface area (Å²) in [6.45, 7) is 0. The summed E-state index contributed by atoms with van der Waals surface area (Å²) in [5.74, 6) is -1.37. The summed E-state index contributed by atoms with van der Waals surface area (Å²) in [5.41, 5.74) is 0.519. The molecule has 9 heteroatoms. The van der Waals surface area contributed by atoms with E-state index >= 15 is 0 Å². The number of aromatic nitrogens is 1.